The molecule has 1 atom stereocenters. The topological polar surface area (TPSA) is 71.3 Å². The summed E-state index contributed by atoms with van der Waals surface area (Å²) in [6.45, 7) is 6.56. The number of benzene rings is 3. The molecule has 0 fully saturated rings. The Hall–Kier alpha value is -3.20. The molecule has 1 amide bonds. The summed E-state index contributed by atoms with van der Waals surface area (Å²) in [6.07, 6.45) is 0. The molecule has 0 aliphatic heterocycles. The number of carbonyl (C=O) groups is 1. The summed E-state index contributed by atoms with van der Waals surface area (Å²) in [7, 11) is 0. The molecule has 0 aliphatic carbocycles. The third-order valence-electron chi connectivity index (χ3n) is 5.04. The predicted molar refractivity (Wildman–Crippen MR) is 132 cm³/mol. The molecule has 0 saturated carbocycles. The average molecular weight is 483 g/mol. The van der Waals surface area contributed by atoms with Gasteiger partial charge >= 0.3 is 0 Å². The van der Waals surface area contributed by atoms with Crippen LogP contribution >= 0.6 is 23.2 Å². The first-order valence-corrected chi connectivity index (χ1v) is 11.3. The highest BCUT2D eigenvalue weighted by molar-refractivity contribution is 6.32. The first-order valence-electron chi connectivity index (χ1n) is 10.5. The summed E-state index contributed by atoms with van der Waals surface area (Å²) in [5, 5.41) is 13.7. The normalized spacial score (nSPS) is 11.4. The van der Waals surface area contributed by atoms with Gasteiger partial charge < -0.3 is 14.8 Å². The maximum atomic E-state index is 12.9. The van der Waals surface area contributed by atoms with Gasteiger partial charge in [0.2, 0.25) is 0 Å². The molecule has 0 radical (unpaired) electrons. The number of hydrogen-bond donors (Lipinski definition) is 1. The maximum absolute atomic E-state index is 12.9. The zero-order chi connectivity index (χ0) is 24.0. The average Bonchev–Trinajstić information content (AvgIpc) is 2.80. The van der Waals surface area contributed by atoms with Crippen molar-refractivity contribution in [1.29, 1.82) is 5.26 Å². The Labute approximate surface area is 203 Å². The van der Waals surface area contributed by atoms with Gasteiger partial charge in [0.05, 0.1) is 25.2 Å². The quantitative estimate of drug-likeness (QED) is 0.374. The smallest absolute Gasteiger partial charge is 0.255 e. The fourth-order valence-electron chi connectivity index (χ4n) is 3.43. The number of nitrogens with one attached hydrogen (secondary N) is 1. The number of hydrogen-bond acceptors (Lipinski definition) is 4. The summed E-state index contributed by atoms with van der Waals surface area (Å²) in [5.74, 6) is 0.236. The van der Waals surface area contributed by atoms with Gasteiger partial charge in [-0.25, -0.2) is 0 Å². The molecule has 0 unspecified atom stereocenters. The summed E-state index contributed by atoms with van der Waals surface area (Å²) >= 11 is 12.5. The monoisotopic (exact) mass is 482 g/mol. The Morgan fingerprint density at radius 1 is 1.00 bits per heavy atom. The van der Waals surface area contributed by atoms with E-state index in [9.17, 15) is 10.1 Å². The number of anilines is 1. The van der Waals surface area contributed by atoms with E-state index >= 15 is 0 Å². The molecule has 5 nitrogen and oxygen atoms in total. The van der Waals surface area contributed by atoms with Crippen molar-refractivity contribution in [2.45, 2.75) is 26.7 Å². The molecule has 1 N–H and O–H groups in total. The van der Waals surface area contributed by atoms with E-state index in [-0.39, 0.29) is 5.91 Å². The molecule has 3 aromatic rings. The second-order valence-electron chi connectivity index (χ2n) is 7.28. The van der Waals surface area contributed by atoms with Crippen LogP contribution in [0.5, 0.6) is 11.5 Å². The molecule has 0 spiro atoms. The lowest BCUT2D eigenvalue weighted by Crippen LogP contribution is -2.14. The van der Waals surface area contributed by atoms with Gasteiger partial charge in [0, 0.05) is 21.3 Å². The standard InChI is InChI=1S/C26H24Cl2N2O3/c1-4-32-24-11-8-18(13-25(24)33-5-2)26(31)30-23-14-22(28)20(12-16(23)3)21(15-29)17-6-9-19(27)10-7-17/h6-14,21H,4-5H2,1-3H3,(H,30,31)/t21-/m0/s1. The van der Waals surface area contributed by atoms with Gasteiger partial charge in [-0.1, -0.05) is 41.4 Å². The van der Waals surface area contributed by atoms with Gasteiger partial charge in [-0.3, -0.25) is 4.79 Å². The van der Waals surface area contributed by atoms with Crippen molar-refractivity contribution in [2.75, 3.05) is 18.5 Å². The van der Waals surface area contributed by atoms with E-state index in [1.54, 1.807) is 48.5 Å². The van der Waals surface area contributed by atoms with Crippen molar-refractivity contribution in [3.8, 4) is 17.6 Å². The SMILES string of the molecule is CCOc1ccc(C(=O)Nc2cc(Cl)c([C@@H](C#N)c3ccc(Cl)cc3)cc2C)cc1OCC. The molecule has 33 heavy (non-hydrogen) atoms. The van der Waals surface area contributed by atoms with Crippen molar-refractivity contribution in [1.82, 2.24) is 0 Å². The fraction of sp³-hybridized carbons (Fsp3) is 0.231. The van der Waals surface area contributed by atoms with Crippen LogP contribution in [0.15, 0.2) is 54.6 Å². The fourth-order valence-corrected chi connectivity index (χ4v) is 3.82. The van der Waals surface area contributed by atoms with E-state index < -0.39 is 5.92 Å². The second kappa shape index (κ2) is 11.1. The molecule has 3 rings (SSSR count). The number of ether oxygens (including phenoxy) is 2. The van der Waals surface area contributed by atoms with Crippen molar-refractivity contribution < 1.29 is 14.3 Å². The van der Waals surface area contributed by atoms with Crippen LogP contribution in [0.2, 0.25) is 10.0 Å². The van der Waals surface area contributed by atoms with Crippen LogP contribution in [0.3, 0.4) is 0 Å². The predicted octanol–water partition coefficient (Wildman–Crippen LogP) is 7.01. The number of amides is 1. The van der Waals surface area contributed by atoms with Crippen molar-refractivity contribution in [3.05, 3.63) is 86.9 Å². The van der Waals surface area contributed by atoms with Crippen LogP contribution in [0, 0.1) is 18.3 Å². The third kappa shape index (κ3) is 5.78. The van der Waals surface area contributed by atoms with Crippen molar-refractivity contribution in [2.24, 2.45) is 0 Å². The summed E-state index contributed by atoms with van der Waals surface area (Å²) in [6, 6.07) is 17.9. The van der Waals surface area contributed by atoms with Crippen molar-refractivity contribution >= 4 is 34.8 Å². The number of rotatable bonds is 8. The van der Waals surface area contributed by atoms with Gasteiger partial charge in [0.1, 0.15) is 0 Å². The van der Waals surface area contributed by atoms with Crippen LogP contribution in [0.25, 0.3) is 0 Å². The van der Waals surface area contributed by atoms with E-state index in [0.29, 0.717) is 51.6 Å². The highest BCUT2D eigenvalue weighted by Gasteiger charge is 2.20. The summed E-state index contributed by atoms with van der Waals surface area (Å²) in [5.41, 5.74) is 3.23. The number of halogens is 2. The van der Waals surface area contributed by atoms with E-state index in [1.165, 1.54) is 0 Å². The maximum Gasteiger partial charge on any atom is 0.255 e. The Morgan fingerprint density at radius 3 is 2.30 bits per heavy atom. The lowest BCUT2D eigenvalue weighted by molar-refractivity contribution is 0.102. The number of nitriles is 1. The molecule has 0 saturated heterocycles. The van der Waals surface area contributed by atoms with Crippen LogP contribution in [-0.2, 0) is 0 Å². The first kappa shape index (κ1) is 24.4. The highest BCUT2D eigenvalue weighted by Crippen LogP contribution is 2.35. The molecular formula is C26H24Cl2N2O3. The molecule has 170 valence electrons. The Kier molecular flexibility index (Phi) is 8.21. The molecule has 0 heterocycles. The summed E-state index contributed by atoms with van der Waals surface area (Å²) in [4.78, 5) is 12.9. The van der Waals surface area contributed by atoms with E-state index in [2.05, 4.69) is 11.4 Å². The Balaban J connectivity index is 1.87. The molecule has 0 aromatic heterocycles. The minimum absolute atomic E-state index is 0.305. The van der Waals surface area contributed by atoms with Gasteiger partial charge in [-0.2, -0.15) is 5.26 Å². The molecule has 0 aliphatic rings. The molecule has 3 aromatic carbocycles. The molecule has 7 heteroatoms. The van der Waals surface area contributed by atoms with Gasteiger partial charge in [0.15, 0.2) is 11.5 Å². The first-order chi connectivity index (χ1) is 15.9. The molecular weight excluding hydrogens is 459 g/mol. The van der Waals surface area contributed by atoms with Gasteiger partial charge in [-0.05, 0) is 73.9 Å². The number of aryl methyl sites for hydroxylation is 1. The molecule has 0 bridgehead atoms. The van der Waals surface area contributed by atoms with E-state index in [0.717, 1.165) is 11.1 Å². The van der Waals surface area contributed by atoms with Crippen LogP contribution in [0.4, 0.5) is 5.69 Å². The zero-order valence-electron chi connectivity index (χ0n) is 18.6. The number of carbonyl (C=O) groups excluding carboxylic acids is 1. The van der Waals surface area contributed by atoms with Gasteiger partial charge in [0.25, 0.3) is 5.91 Å². The minimum atomic E-state index is -0.557. The lowest BCUT2D eigenvalue weighted by atomic mass is 9.91. The van der Waals surface area contributed by atoms with Gasteiger partial charge in [-0.15, -0.1) is 0 Å². The van der Waals surface area contributed by atoms with Crippen LogP contribution < -0.4 is 14.8 Å². The second-order valence-corrected chi connectivity index (χ2v) is 8.13. The highest BCUT2D eigenvalue weighted by atomic mass is 35.5. The Morgan fingerprint density at radius 2 is 1.67 bits per heavy atom. The Bertz CT molecular complexity index is 1190. The van der Waals surface area contributed by atoms with Crippen LogP contribution in [0.1, 0.15) is 46.8 Å². The number of nitrogens with zero attached hydrogens (tertiary/aromatic N) is 1. The summed E-state index contributed by atoms with van der Waals surface area (Å²) < 4.78 is 11.2. The third-order valence-corrected chi connectivity index (χ3v) is 5.62. The minimum Gasteiger partial charge on any atom is -0.490 e. The van der Waals surface area contributed by atoms with Crippen molar-refractivity contribution in [3.63, 3.8) is 0 Å². The van der Waals surface area contributed by atoms with Crippen LogP contribution in [-0.4, -0.2) is 19.1 Å². The van der Waals surface area contributed by atoms with E-state index in [4.69, 9.17) is 32.7 Å². The lowest BCUT2D eigenvalue weighted by Gasteiger charge is -2.17. The largest absolute Gasteiger partial charge is 0.490 e. The zero-order valence-corrected chi connectivity index (χ0v) is 20.1. The van der Waals surface area contributed by atoms with E-state index in [1.807, 2.05) is 26.8 Å².